The third-order valence-corrected chi connectivity index (χ3v) is 3.44. The highest BCUT2D eigenvalue weighted by molar-refractivity contribution is 9.10. The fourth-order valence-corrected chi connectivity index (χ4v) is 2.32. The maximum Gasteiger partial charge on any atom is 0.0808 e. The number of nitrogens with two attached hydrogens (primary N) is 1. The van der Waals surface area contributed by atoms with Crippen molar-refractivity contribution in [3.8, 4) is 0 Å². The molecule has 1 aliphatic heterocycles. The molecule has 1 aromatic carbocycles. The van der Waals surface area contributed by atoms with Crippen molar-refractivity contribution in [1.82, 2.24) is 0 Å². The maximum atomic E-state index is 5.90. The molecule has 94 valence electrons. The monoisotopic (exact) mass is 299 g/mol. The molecule has 1 heterocycles. The van der Waals surface area contributed by atoms with Gasteiger partial charge in [-0.05, 0) is 31.4 Å². The molecule has 1 aromatic rings. The molecule has 3 nitrogen and oxygen atoms in total. The topological polar surface area (TPSA) is 44.5 Å². The lowest BCUT2D eigenvalue weighted by molar-refractivity contribution is -0.0446. The van der Waals surface area contributed by atoms with Crippen LogP contribution in [0.15, 0.2) is 22.7 Å². The van der Waals surface area contributed by atoms with Gasteiger partial charge in [0.25, 0.3) is 0 Å². The van der Waals surface area contributed by atoms with E-state index in [0.29, 0.717) is 13.2 Å². The Morgan fingerprint density at radius 1 is 1.41 bits per heavy atom. The molecule has 0 amide bonds. The standard InChI is InChI=1S/C13H18BrNO2/c14-11-5-4-10(13(15)7-11)8-16-9-12-3-1-2-6-17-12/h4-5,7,12H,1-3,6,8-9,15H2. The number of nitrogen functional groups attached to an aromatic ring is 1. The predicted octanol–water partition coefficient (Wildman–Crippen LogP) is 3.12. The zero-order valence-corrected chi connectivity index (χ0v) is 11.4. The molecule has 0 spiro atoms. The van der Waals surface area contributed by atoms with Crippen molar-refractivity contribution in [2.75, 3.05) is 18.9 Å². The van der Waals surface area contributed by atoms with Gasteiger partial charge < -0.3 is 15.2 Å². The maximum absolute atomic E-state index is 5.90. The number of benzene rings is 1. The van der Waals surface area contributed by atoms with Crippen molar-refractivity contribution in [2.24, 2.45) is 0 Å². The summed E-state index contributed by atoms with van der Waals surface area (Å²) in [6.07, 6.45) is 3.79. The molecule has 1 aliphatic rings. The molecule has 0 aromatic heterocycles. The first-order valence-corrected chi connectivity index (χ1v) is 6.78. The zero-order chi connectivity index (χ0) is 12.1. The fourth-order valence-electron chi connectivity index (χ4n) is 1.94. The molecule has 0 bridgehead atoms. The summed E-state index contributed by atoms with van der Waals surface area (Å²) in [5.74, 6) is 0. The van der Waals surface area contributed by atoms with Crippen LogP contribution in [0.4, 0.5) is 5.69 Å². The minimum absolute atomic E-state index is 0.264. The first-order chi connectivity index (χ1) is 8.25. The van der Waals surface area contributed by atoms with Gasteiger partial charge in [-0.2, -0.15) is 0 Å². The van der Waals surface area contributed by atoms with Gasteiger partial charge >= 0.3 is 0 Å². The van der Waals surface area contributed by atoms with Gasteiger partial charge in [-0.1, -0.05) is 22.0 Å². The Morgan fingerprint density at radius 3 is 3.00 bits per heavy atom. The van der Waals surface area contributed by atoms with E-state index < -0.39 is 0 Å². The van der Waals surface area contributed by atoms with E-state index in [1.54, 1.807) is 0 Å². The van der Waals surface area contributed by atoms with E-state index >= 15 is 0 Å². The molecule has 17 heavy (non-hydrogen) atoms. The van der Waals surface area contributed by atoms with Crippen molar-refractivity contribution in [1.29, 1.82) is 0 Å². The molecule has 2 N–H and O–H groups in total. The molecular formula is C13H18BrNO2. The largest absolute Gasteiger partial charge is 0.398 e. The number of rotatable bonds is 4. The summed E-state index contributed by atoms with van der Waals surface area (Å²) in [5, 5.41) is 0. The van der Waals surface area contributed by atoms with Crippen LogP contribution in [0.2, 0.25) is 0 Å². The van der Waals surface area contributed by atoms with E-state index in [0.717, 1.165) is 28.8 Å². The van der Waals surface area contributed by atoms with Crippen LogP contribution >= 0.6 is 15.9 Å². The molecule has 0 radical (unpaired) electrons. The van der Waals surface area contributed by atoms with Gasteiger partial charge in [-0.15, -0.1) is 0 Å². The molecule has 1 fully saturated rings. The van der Waals surface area contributed by atoms with Crippen LogP contribution in [-0.2, 0) is 16.1 Å². The Bertz CT molecular complexity index is 364. The number of anilines is 1. The van der Waals surface area contributed by atoms with Crippen molar-refractivity contribution in [2.45, 2.75) is 32.0 Å². The highest BCUT2D eigenvalue weighted by Crippen LogP contribution is 2.20. The number of ether oxygens (including phenoxy) is 2. The second kappa shape index (κ2) is 6.38. The van der Waals surface area contributed by atoms with Crippen LogP contribution in [0.1, 0.15) is 24.8 Å². The fraction of sp³-hybridized carbons (Fsp3) is 0.538. The van der Waals surface area contributed by atoms with Crippen LogP contribution in [0.25, 0.3) is 0 Å². The smallest absolute Gasteiger partial charge is 0.0808 e. The Hall–Kier alpha value is -0.580. The average molecular weight is 300 g/mol. The molecule has 1 atom stereocenters. The lowest BCUT2D eigenvalue weighted by Gasteiger charge is -2.22. The summed E-state index contributed by atoms with van der Waals surface area (Å²) in [6, 6.07) is 5.86. The van der Waals surface area contributed by atoms with Gasteiger partial charge in [0.15, 0.2) is 0 Å². The Balaban J connectivity index is 1.77. The lowest BCUT2D eigenvalue weighted by Crippen LogP contribution is -2.24. The highest BCUT2D eigenvalue weighted by Gasteiger charge is 2.13. The summed E-state index contributed by atoms with van der Waals surface area (Å²) in [7, 11) is 0. The highest BCUT2D eigenvalue weighted by atomic mass is 79.9. The van der Waals surface area contributed by atoms with E-state index in [1.807, 2.05) is 18.2 Å². The van der Waals surface area contributed by atoms with Crippen molar-refractivity contribution in [3.63, 3.8) is 0 Å². The Labute approximate surface area is 110 Å². The second-order valence-corrected chi connectivity index (χ2v) is 5.26. The molecule has 1 saturated heterocycles. The molecule has 2 rings (SSSR count). The SMILES string of the molecule is Nc1cc(Br)ccc1COCC1CCCCO1. The van der Waals surface area contributed by atoms with Gasteiger partial charge in [-0.3, -0.25) is 0 Å². The van der Waals surface area contributed by atoms with Crippen molar-refractivity contribution < 1.29 is 9.47 Å². The van der Waals surface area contributed by atoms with Gasteiger partial charge in [0.05, 0.1) is 19.3 Å². The van der Waals surface area contributed by atoms with E-state index in [4.69, 9.17) is 15.2 Å². The first kappa shape index (κ1) is 12.9. The molecular weight excluding hydrogens is 282 g/mol. The Morgan fingerprint density at radius 2 is 2.29 bits per heavy atom. The minimum atomic E-state index is 0.264. The quantitative estimate of drug-likeness (QED) is 0.869. The third-order valence-electron chi connectivity index (χ3n) is 2.94. The first-order valence-electron chi connectivity index (χ1n) is 5.99. The zero-order valence-electron chi connectivity index (χ0n) is 9.82. The second-order valence-electron chi connectivity index (χ2n) is 4.35. The van der Waals surface area contributed by atoms with Gasteiger partial charge in [-0.25, -0.2) is 0 Å². The van der Waals surface area contributed by atoms with Gasteiger partial charge in [0.1, 0.15) is 0 Å². The third kappa shape index (κ3) is 3.98. The number of hydrogen-bond donors (Lipinski definition) is 1. The molecule has 0 saturated carbocycles. The van der Waals surface area contributed by atoms with E-state index in [9.17, 15) is 0 Å². The van der Waals surface area contributed by atoms with Crippen LogP contribution < -0.4 is 5.73 Å². The number of halogens is 1. The van der Waals surface area contributed by atoms with Crippen molar-refractivity contribution >= 4 is 21.6 Å². The summed E-state index contributed by atoms with van der Waals surface area (Å²) in [4.78, 5) is 0. The molecule has 4 heteroatoms. The van der Waals surface area contributed by atoms with Crippen LogP contribution in [0.3, 0.4) is 0 Å². The van der Waals surface area contributed by atoms with Crippen molar-refractivity contribution in [3.05, 3.63) is 28.2 Å². The molecule has 0 aliphatic carbocycles. The number of hydrogen-bond acceptors (Lipinski definition) is 3. The van der Waals surface area contributed by atoms with Crippen LogP contribution in [0.5, 0.6) is 0 Å². The summed E-state index contributed by atoms with van der Waals surface area (Å²) < 4.78 is 12.3. The van der Waals surface area contributed by atoms with Gasteiger partial charge in [0, 0.05) is 22.3 Å². The summed E-state index contributed by atoms with van der Waals surface area (Å²) >= 11 is 3.39. The van der Waals surface area contributed by atoms with Crippen LogP contribution in [0, 0.1) is 0 Å². The normalized spacial score (nSPS) is 20.4. The molecule has 1 unspecified atom stereocenters. The minimum Gasteiger partial charge on any atom is -0.398 e. The van der Waals surface area contributed by atoms with Gasteiger partial charge in [0.2, 0.25) is 0 Å². The predicted molar refractivity (Wildman–Crippen MR) is 71.8 cm³/mol. The average Bonchev–Trinajstić information content (AvgIpc) is 2.33. The summed E-state index contributed by atoms with van der Waals surface area (Å²) in [6.45, 7) is 2.09. The Kier molecular flexibility index (Phi) is 4.83. The lowest BCUT2D eigenvalue weighted by atomic mass is 10.1. The summed E-state index contributed by atoms with van der Waals surface area (Å²) in [5.41, 5.74) is 7.70. The van der Waals surface area contributed by atoms with E-state index in [1.165, 1.54) is 12.8 Å². The van der Waals surface area contributed by atoms with Crippen LogP contribution in [-0.4, -0.2) is 19.3 Å². The van der Waals surface area contributed by atoms with E-state index in [-0.39, 0.29) is 6.10 Å². The van der Waals surface area contributed by atoms with E-state index in [2.05, 4.69) is 15.9 Å².